The van der Waals surface area contributed by atoms with Crippen molar-refractivity contribution in [1.82, 2.24) is 15.5 Å². The number of ether oxygens (including phenoxy) is 2. The molecule has 0 aromatic heterocycles. The number of benzene rings is 1. The van der Waals surface area contributed by atoms with E-state index in [9.17, 15) is 4.79 Å². The average molecular weight is 418 g/mol. The molecule has 30 heavy (non-hydrogen) atoms. The number of likely N-dealkylation sites (tertiary alicyclic amines) is 1. The molecule has 2 atom stereocenters. The van der Waals surface area contributed by atoms with Crippen molar-refractivity contribution in [3.05, 3.63) is 23.8 Å². The fourth-order valence-corrected chi connectivity index (χ4v) is 5.02. The molecule has 1 aromatic rings. The Hall–Kier alpha value is -1.79. The first-order valence-electron chi connectivity index (χ1n) is 11.6. The second-order valence-corrected chi connectivity index (χ2v) is 8.63. The van der Waals surface area contributed by atoms with Crippen molar-refractivity contribution < 1.29 is 14.3 Å². The van der Waals surface area contributed by atoms with Crippen molar-refractivity contribution in [2.24, 2.45) is 0 Å². The molecule has 3 rings (SSSR count). The SMILES string of the molecule is CCNC(=O)[C@@H]1C[C@H](NC2CCCCCCC2)CN1Cc1cccc(OC)c1OC. The number of hydrogen-bond donors (Lipinski definition) is 2. The van der Waals surface area contributed by atoms with Crippen LogP contribution < -0.4 is 20.1 Å². The van der Waals surface area contributed by atoms with Gasteiger partial charge in [0.05, 0.1) is 20.3 Å². The van der Waals surface area contributed by atoms with Gasteiger partial charge in [0, 0.05) is 37.3 Å². The Morgan fingerprint density at radius 1 is 1.07 bits per heavy atom. The Morgan fingerprint density at radius 2 is 1.80 bits per heavy atom. The van der Waals surface area contributed by atoms with Crippen LogP contribution in [0.3, 0.4) is 0 Å². The maximum absolute atomic E-state index is 12.8. The predicted molar refractivity (Wildman–Crippen MR) is 120 cm³/mol. The van der Waals surface area contributed by atoms with Crippen molar-refractivity contribution in [1.29, 1.82) is 0 Å². The maximum atomic E-state index is 12.8. The van der Waals surface area contributed by atoms with Crippen molar-refractivity contribution in [3.63, 3.8) is 0 Å². The topological polar surface area (TPSA) is 62.8 Å². The molecule has 6 nitrogen and oxygen atoms in total. The lowest BCUT2D eigenvalue weighted by atomic mass is 9.96. The van der Waals surface area contributed by atoms with Crippen molar-refractivity contribution in [2.45, 2.75) is 83.0 Å². The third-order valence-corrected chi connectivity index (χ3v) is 6.49. The molecule has 1 heterocycles. The van der Waals surface area contributed by atoms with Gasteiger partial charge in [0.15, 0.2) is 11.5 Å². The summed E-state index contributed by atoms with van der Waals surface area (Å²) in [4.78, 5) is 15.1. The van der Waals surface area contributed by atoms with Crippen LogP contribution in [0, 0.1) is 0 Å². The molecule has 1 aromatic carbocycles. The number of amides is 1. The lowest BCUT2D eigenvalue weighted by Crippen LogP contribution is -2.42. The van der Waals surface area contributed by atoms with Gasteiger partial charge in [-0.3, -0.25) is 9.69 Å². The van der Waals surface area contributed by atoms with Gasteiger partial charge in [0.25, 0.3) is 0 Å². The van der Waals surface area contributed by atoms with E-state index in [1.165, 1.54) is 44.9 Å². The molecule has 2 fully saturated rings. The molecule has 1 aliphatic carbocycles. The fraction of sp³-hybridized carbons (Fsp3) is 0.708. The van der Waals surface area contributed by atoms with Crippen LogP contribution in [-0.4, -0.2) is 56.2 Å². The van der Waals surface area contributed by atoms with Crippen LogP contribution in [0.2, 0.25) is 0 Å². The largest absolute Gasteiger partial charge is 0.493 e. The van der Waals surface area contributed by atoms with Crippen LogP contribution >= 0.6 is 0 Å². The summed E-state index contributed by atoms with van der Waals surface area (Å²) in [5.74, 6) is 1.61. The number of nitrogens with one attached hydrogen (secondary N) is 2. The quantitative estimate of drug-likeness (QED) is 0.678. The van der Waals surface area contributed by atoms with Gasteiger partial charge in [-0.1, -0.05) is 44.2 Å². The highest BCUT2D eigenvalue weighted by Crippen LogP contribution is 2.33. The number of methoxy groups -OCH3 is 2. The van der Waals surface area contributed by atoms with Crippen LogP contribution in [-0.2, 0) is 11.3 Å². The molecule has 0 spiro atoms. The average Bonchev–Trinajstić information content (AvgIpc) is 3.12. The fourth-order valence-electron chi connectivity index (χ4n) is 5.02. The third kappa shape index (κ3) is 5.88. The third-order valence-electron chi connectivity index (χ3n) is 6.49. The van der Waals surface area contributed by atoms with Crippen molar-refractivity contribution in [3.8, 4) is 11.5 Å². The Kier molecular flexibility index (Phi) is 8.82. The van der Waals surface area contributed by atoms with Gasteiger partial charge in [0.2, 0.25) is 5.91 Å². The van der Waals surface area contributed by atoms with Gasteiger partial charge >= 0.3 is 0 Å². The Bertz CT molecular complexity index is 674. The van der Waals surface area contributed by atoms with Gasteiger partial charge in [0.1, 0.15) is 0 Å². The van der Waals surface area contributed by atoms with Crippen LogP contribution in [0.4, 0.5) is 0 Å². The zero-order valence-corrected chi connectivity index (χ0v) is 18.9. The van der Waals surface area contributed by atoms with Crippen molar-refractivity contribution in [2.75, 3.05) is 27.3 Å². The second-order valence-electron chi connectivity index (χ2n) is 8.63. The van der Waals surface area contributed by atoms with Crippen LogP contribution in [0.5, 0.6) is 11.5 Å². The molecule has 168 valence electrons. The first-order chi connectivity index (χ1) is 14.7. The number of nitrogens with zero attached hydrogens (tertiary/aromatic N) is 1. The molecule has 2 aliphatic rings. The lowest BCUT2D eigenvalue weighted by molar-refractivity contribution is -0.125. The molecule has 2 N–H and O–H groups in total. The monoisotopic (exact) mass is 417 g/mol. The van der Waals surface area contributed by atoms with E-state index < -0.39 is 0 Å². The Morgan fingerprint density at radius 3 is 2.47 bits per heavy atom. The number of para-hydroxylation sites is 1. The zero-order valence-electron chi connectivity index (χ0n) is 18.9. The highest BCUT2D eigenvalue weighted by molar-refractivity contribution is 5.82. The Labute approximate surface area is 181 Å². The van der Waals surface area contributed by atoms with Gasteiger partial charge in [-0.05, 0) is 32.3 Å². The van der Waals surface area contributed by atoms with Gasteiger partial charge < -0.3 is 20.1 Å². The molecule has 0 unspecified atom stereocenters. The molecule has 0 bridgehead atoms. The van der Waals surface area contributed by atoms with Gasteiger partial charge in [-0.2, -0.15) is 0 Å². The summed E-state index contributed by atoms with van der Waals surface area (Å²) in [6, 6.07) is 6.76. The van der Waals surface area contributed by atoms with E-state index in [4.69, 9.17) is 9.47 Å². The molecule has 1 amide bonds. The highest BCUT2D eigenvalue weighted by atomic mass is 16.5. The van der Waals surface area contributed by atoms with Crippen molar-refractivity contribution >= 4 is 5.91 Å². The molecular formula is C24H39N3O3. The number of hydrogen-bond acceptors (Lipinski definition) is 5. The maximum Gasteiger partial charge on any atom is 0.237 e. The molecule has 0 radical (unpaired) electrons. The summed E-state index contributed by atoms with van der Waals surface area (Å²) in [5, 5.41) is 6.93. The first-order valence-corrected chi connectivity index (χ1v) is 11.6. The van der Waals surface area contributed by atoms with Gasteiger partial charge in [-0.25, -0.2) is 0 Å². The van der Waals surface area contributed by atoms with Gasteiger partial charge in [-0.15, -0.1) is 0 Å². The van der Waals surface area contributed by atoms with Crippen LogP contribution in [0.25, 0.3) is 0 Å². The van der Waals surface area contributed by atoms with E-state index in [1.807, 2.05) is 19.1 Å². The zero-order chi connectivity index (χ0) is 21.3. The van der Waals surface area contributed by atoms with Crippen LogP contribution in [0.15, 0.2) is 18.2 Å². The van der Waals surface area contributed by atoms with E-state index in [1.54, 1.807) is 14.2 Å². The van der Waals surface area contributed by atoms with E-state index in [0.29, 0.717) is 25.2 Å². The highest BCUT2D eigenvalue weighted by Gasteiger charge is 2.37. The standard InChI is InChI=1S/C24H39N3O3/c1-4-25-24(28)21-15-20(26-19-12-8-6-5-7-9-13-19)17-27(21)16-18-11-10-14-22(29-2)23(18)30-3/h10-11,14,19-21,26H,4-9,12-13,15-17H2,1-3H3,(H,25,28)/t20-,21-/m0/s1. The van der Waals surface area contributed by atoms with Crippen LogP contribution in [0.1, 0.15) is 63.9 Å². The normalized spacial score (nSPS) is 23.6. The summed E-state index contributed by atoms with van der Waals surface area (Å²) in [6.45, 7) is 4.18. The van der Waals surface area contributed by atoms with E-state index >= 15 is 0 Å². The minimum atomic E-state index is -0.119. The summed E-state index contributed by atoms with van der Waals surface area (Å²) in [7, 11) is 3.33. The summed E-state index contributed by atoms with van der Waals surface area (Å²) in [5.41, 5.74) is 1.05. The summed E-state index contributed by atoms with van der Waals surface area (Å²) >= 11 is 0. The molecular weight excluding hydrogens is 378 g/mol. The van der Waals surface area contributed by atoms with E-state index in [2.05, 4.69) is 21.6 Å². The second kappa shape index (κ2) is 11.6. The molecule has 1 saturated heterocycles. The van der Waals surface area contributed by atoms with E-state index in [-0.39, 0.29) is 11.9 Å². The predicted octanol–water partition coefficient (Wildman–Crippen LogP) is 3.49. The Balaban J connectivity index is 1.71. The first kappa shape index (κ1) is 22.9. The number of carbonyl (C=O) groups is 1. The minimum absolute atomic E-state index is 0.119. The summed E-state index contributed by atoms with van der Waals surface area (Å²) in [6.07, 6.45) is 10.1. The molecule has 1 aliphatic heterocycles. The number of rotatable bonds is 8. The molecule has 1 saturated carbocycles. The smallest absolute Gasteiger partial charge is 0.237 e. The number of likely N-dealkylation sites (N-methyl/N-ethyl adjacent to an activating group) is 1. The lowest BCUT2D eigenvalue weighted by Gasteiger charge is -2.26. The number of carbonyl (C=O) groups excluding carboxylic acids is 1. The minimum Gasteiger partial charge on any atom is -0.493 e. The van der Waals surface area contributed by atoms with E-state index in [0.717, 1.165) is 30.0 Å². The molecule has 6 heteroatoms. The summed E-state index contributed by atoms with van der Waals surface area (Å²) < 4.78 is 11.1.